The summed E-state index contributed by atoms with van der Waals surface area (Å²) in [5, 5.41) is 34.4. The Bertz CT molecular complexity index is 160. The van der Waals surface area contributed by atoms with Crippen molar-refractivity contribution in [1.82, 2.24) is 0 Å². The molecule has 0 aromatic heterocycles. The highest BCUT2D eigenvalue weighted by atomic mass is 16.6. The summed E-state index contributed by atoms with van der Waals surface area (Å²) in [5.41, 5.74) is -2.10. The van der Waals surface area contributed by atoms with Crippen LogP contribution in [-0.2, 0) is 4.65 Å². The van der Waals surface area contributed by atoms with Crippen LogP contribution in [0.25, 0.3) is 0 Å². The molecule has 0 fully saturated rings. The normalized spacial score (nSPS) is 12.2. The van der Waals surface area contributed by atoms with Gasteiger partial charge in [-0.25, -0.2) is 0 Å². The molecule has 0 aromatic carbocycles. The van der Waals surface area contributed by atoms with E-state index in [0.717, 1.165) is 0 Å². The second-order valence-corrected chi connectivity index (χ2v) is 4.61. The molecule has 0 heterocycles. The lowest BCUT2D eigenvalue weighted by Crippen LogP contribution is -2.50. The molecule has 0 saturated heterocycles. The number of hydrogen-bond donors (Lipinski definition) is 4. The average Bonchev–Trinajstić information content (AvgIpc) is 1.78. The quantitative estimate of drug-likeness (QED) is 0.501. The topological polar surface area (TPSA) is 90.2 Å². The fourth-order valence-corrected chi connectivity index (χ4v) is 0.408. The van der Waals surface area contributed by atoms with Gasteiger partial charge in [-0.05, 0) is 41.5 Å². The molecule has 0 aliphatic rings. The molecule has 92 valence electrons. The summed E-state index contributed by atoms with van der Waals surface area (Å²) in [6.45, 7) is 9.67. The maximum Gasteiger partial charge on any atom is 0.634 e. The lowest BCUT2D eigenvalue weighted by atomic mass is 9.88. The van der Waals surface area contributed by atoms with Crippen LogP contribution < -0.4 is 0 Å². The Morgan fingerprint density at radius 3 is 1.40 bits per heavy atom. The molecule has 0 rings (SSSR count). The van der Waals surface area contributed by atoms with Crippen LogP contribution in [0.1, 0.15) is 41.5 Å². The Hall–Kier alpha value is -0.135. The zero-order chi connectivity index (χ0) is 12.9. The molecule has 0 aliphatic heterocycles. The van der Waals surface area contributed by atoms with Crippen LogP contribution in [0.2, 0.25) is 0 Å². The van der Waals surface area contributed by atoms with E-state index in [1.807, 2.05) is 0 Å². The predicted molar refractivity (Wildman–Crippen MR) is 59.0 cm³/mol. The van der Waals surface area contributed by atoms with E-state index < -0.39 is 18.5 Å². The van der Waals surface area contributed by atoms with Gasteiger partial charge in [0.25, 0.3) is 0 Å². The summed E-state index contributed by atoms with van der Waals surface area (Å²) in [4.78, 5) is 0. The van der Waals surface area contributed by atoms with E-state index >= 15 is 0 Å². The smallest absolute Gasteiger partial charge is 0.402 e. The van der Waals surface area contributed by atoms with Gasteiger partial charge in [0, 0.05) is 6.10 Å². The maximum absolute atomic E-state index is 9.45. The minimum absolute atomic E-state index is 0.167. The van der Waals surface area contributed by atoms with Crippen molar-refractivity contribution in [1.29, 1.82) is 0 Å². The van der Waals surface area contributed by atoms with Gasteiger partial charge in [0.05, 0.1) is 11.2 Å². The van der Waals surface area contributed by atoms with E-state index in [-0.39, 0.29) is 6.10 Å². The zero-order valence-corrected chi connectivity index (χ0v) is 10.4. The fraction of sp³-hybridized carbons (Fsp3) is 1.00. The van der Waals surface area contributed by atoms with Crippen LogP contribution in [0.4, 0.5) is 0 Å². The van der Waals surface area contributed by atoms with Crippen molar-refractivity contribution in [3.05, 3.63) is 0 Å². The minimum Gasteiger partial charge on any atom is -0.402 e. The third-order valence-corrected chi connectivity index (χ3v) is 1.87. The van der Waals surface area contributed by atoms with E-state index in [0.29, 0.717) is 0 Å². The molecule has 15 heavy (non-hydrogen) atoms. The van der Waals surface area contributed by atoms with Crippen molar-refractivity contribution in [3.63, 3.8) is 0 Å². The fourth-order valence-electron chi connectivity index (χ4n) is 0.408. The number of rotatable bonds is 3. The second-order valence-electron chi connectivity index (χ2n) is 4.61. The highest BCUT2D eigenvalue weighted by Crippen LogP contribution is 2.24. The van der Waals surface area contributed by atoms with Gasteiger partial charge in [0.2, 0.25) is 0 Å². The second kappa shape index (κ2) is 6.45. The van der Waals surface area contributed by atoms with Gasteiger partial charge in [-0.3, -0.25) is 0 Å². The van der Waals surface area contributed by atoms with Crippen LogP contribution in [0.3, 0.4) is 0 Å². The summed E-state index contributed by atoms with van der Waals surface area (Å²) >= 11 is 0. The van der Waals surface area contributed by atoms with Gasteiger partial charge in [-0.2, -0.15) is 0 Å². The molecular weight excluding hydrogens is 199 g/mol. The van der Waals surface area contributed by atoms with E-state index in [4.69, 9.17) is 15.2 Å². The highest BCUT2D eigenvalue weighted by molar-refractivity contribution is 6.32. The first-order valence-electron chi connectivity index (χ1n) is 4.84. The van der Waals surface area contributed by atoms with Crippen molar-refractivity contribution >= 4 is 7.32 Å². The summed E-state index contributed by atoms with van der Waals surface area (Å²) in [5.74, 6) is 0. The molecule has 0 spiro atoms. The standard InChI is InChI=1S/C6H15BO4.C3H8O/c1-5(2,8)6(3,4)11-7(9)10;1-3(2)4/h8-10H,1-4H3;3-4H,1-2H3. The van der Waals surface area contributed by atoms with Crippen LogP contribution >= 0.6 is 0 Å². The number of hydrogen-bond acceptors (Lipinski definition) is 5. The SMILES string of the molecule is CC(C)(O)C(C)(C)OB(O)O.CC(C)O. The largest absolute Gasteiger partial charge is 0.634 e. The number of aliphatic hydroxyl groups is 2. The van der Waals surface area contributed by atoms with Crippen LogP contribution in [-0.4, -0.2) is 44.9 Å². The van der Waals surface area contributed by atoms with Crippen LogP contribution in [0.15, 0.2) is 0 Å². The Labute approximate surface area is 91.9 Å². The van der Waals surface area contributed by atoms with E-state index in [1.165, 1.54) is 13.8 Å². The summed E-state index contributed by atoms with van der Waals surface area (Å²) in [6.07, 6.45) is -0.167. The maximum atomic E-state index is 9.45. The van der Waals surface area contributed by atoms with Crippen molar-refractivity contribution in [2.45, 2.75) is 58.8 Å². The molecule has 0 aliphatic carbocycles. The molecule has 6 heteroatoms. The Morgan fingerprint density at radius 1 is 1.07 bits per heavy atom. The van der Waals surface area contributed by atoms with Crippen molar-refractivity contribution in [3.8, 4) is 0 Å². The molecule has 5 nitrogen and oxygen atoms in total. The predicted octanol–water partition coefficient (Wildman–Crippen LogP) is -0.0909. The first-order valence-corrected chi connectivity index (χ1v) is 4.84. The van der Waals surface area contributed by atoms with Gasteiger partial charge in [-0.15, -0.1) is 0 Å². The van der Waals surface area contributed by atoms with Crippen LogP contribution in [0, 0.1) is 0 Å². The third-order valence-electron chi connectivity index (χ3n) is 1.87. The summed E-state index contributed by atoms with van der Waals surface area (Å²) in [6, 6.07) is 0. The van der Waals surface area contributed by atoms with E-state index in [2.05, 4.69) is 4.65 Å². The number of aliphatic hydroxyl groups excluding tert-OH is 1. The lowest BCUT2D eigenvalue weighted by molar-refractivity contribution is -0.109. The monoisotopic (exact) mass is 222 g/mol. The third kappa shape index (κ3) is 10.2. The molecule has 0 atom stereocenters. The van der Waals surface area contributed by atoms with Gasteiger partial charge in [-0.1, -0.05) is 0 Å². The van der Waals surface area contributed by atoms with E-state index in [1.54, 1.807) is 27.7 Å². The molecule has 4 N–H and O–H groups in total. The zero-order valence-electron chi connectivity index (χ0n) is 10.4. The summed E-state index contributed by atoms with van der Waals surface area (Å²) < 4.78 is 4.66. The molecule has 0 saturated carbocycles. The first-order chi connectivity index (χ1) is 6.40. The Morgan fingerprint density at radius 2 is 1.33 bits per heavy atom. The van der Waals surface area contributed by atoms with Gasteiger partial charge < -0.3 is 24.9 Å². The van der Waals surface area contributed by atoms with Gasteiger partial charge in [0.1, 0.15) is 0 Å². The van der Waals surface area contributed by atoms with Gasteiger partial charge >= 0.3 is 7.32 Å². The van der Waals surface area contributed by atoms with E-state index in [9.17, 15) is 5.11 Å². The minimum atomic E-state index is -1.85. The summed E-state index contributed by atoms with van der Waals surface area (Å²) in [7, 11) is -1.85. The van der Waals surface area contributed by atoms with Crippen molar-refractivity contribution in [2.24, 2.45) is 0 Å². The van der Waals surface area contributed by atoms with Gasteiger partial charge in [0.15, 0.2) is 0 Å². The Kier molecular flexibility index (Phi) is 7.42. The molecule has 0 unspecified atom stereocenters. The molecule has 0 bridgehead atoms. The highest BCUT2D eigenvalue weighted by Gasteiger charge is 2.38. The first kappa shape index (κ1) is 17.3. The molecule has 0 amide bonds. The lowest BCUT2D eigenvalue weighted by Gasteiger charge is -2.37. The Balaban J connectivity index is 0. The molecular formula is C9H23BO5. The van der Waals surface area contributed by atoms with Crippen LogP contribution in [0.5, 0.6) is 0 Å². The van der Waals surface area contributed by atoms with Crippen molar-refractivity contribution in [2.75, 3.05) is 0 Å². The molecule has 0 aromatic rings. The van der Waals surface area contributed by atoms with Crippen molar-refractivity contribution < 1.29 is 24.9 Å². The average molecular weight is 222 g/mol. The molecule has 0 radical (unpaired) electrons.